The summed E-state index contributed by atoms with van der Waals surface area (Å²) in [5, 5.41) is 18.8. The molecule has 0 aliphatic heterocycles. The Labute approximate surface area is 94.4 Å². The van der Waals surface area contributed by atoms with Crippen LogP contribution in [0, 0.1) is 6.92 Å². The van der Waals surface area contributed by atoms with Gasteiger partial charge in [0.25, 0.3) is 0 Å². The molecule has 0 unspecified atom stereocenters. The number of phenols is 2. The van der Waals surface area contributed by atoms with E-state index in [9.17, 15) is 15.0 Å². The van der Waals surface area contributed by atoms with Crippen molar-refractivity contribution in [2.24, 2.45) is 0 Å². The summed E-state index contributed by atoms with van der Waals surface area (Å²) in [7, 11) is 0. The van der Waals surface area contributed by atoms with E-state index in [4.69, 9.17) is 0 Å². The Morgan fingerprint density at radius 3 is 2.50 bits per heavy atom. The highest BCUT2D eigenvalue weighted by Gasteiger charge is 2.10. The molecule has 0 fully saturated rings. The lowest BCUT2D eigenvalue weighted by molar-refractivity contribution is 0.104. The maximum absolute atomic E-state index is 11.6. The van der Waals surface area contributed by atoms with Crippen LogP contribution in [0.25, 0.3) is 0 Å². The minimum atomic E-state index is -0.293. The van der Waals surface area contributed by atoms with Crippen LogP contribution in [-0.2, 0) is 0 Å². The van der Waals surface area contributed by atoms with Gasteiger partial charge in [0.2, 0.25) is 0 Å². The van der Waals surface area contributed by atoms with Crippen LogP contribution in [0.3, 0.4) is 0 Å². The molecule has 3 nitrogen and oxygen atoms in total. The summed E-state index contributed by atoms with van der Waals surface area (Å²) < 4.78 is 0. The monoisotopic (exact) mass is 218 g/mol. The Kier molecular flexibility index (Phi) is 3.89. The highest BCUT2D eigenvalue weighted by atomic mass is 16.3. The van der Waals surface area contributed by atoms with E-state index in [2.05, 4.69) is 0 Å². The molecule has 0 atom stereocenters. The molecular formula is C13H14O3. The van der Waals surface area contributed by atoms with E-state index in [1.54, 1.807) is 25.2 Å². The van der Waals surface area contributed by atoms with Crippen LogP contribution >= 0.6 is 0 Å². The number of aromatic hydroxyl groups is 2. The number of carbonyl (C=O) groups is 1. The maximum Gasteiger partial charge on any atom is 0.189 e. The Morgan fingerprint density at radius 1 is 1.19 bits per heavy atom. The van der Waals surface area contributed by atoms with Crippen molar-refractivity contribution in [3.8, 4) is 11.5 Å². The number of carbonyl (C=O) groups excluding carboxylic acids is 1. The highest BCUT2D eigenvalue weighted by Crippen LogP contribution is 2.27. The van der Waals surface area contributed by atoms with Crippen molar-refractivity contribution in [3.05, 3.63) is 47.6 Å². The van der Waals surface area contributed by atoms with E-state index in [1.165, 1.54) is 18.2 Å². The quantitative estimate of drug-likeness (QED) is 0.466. The van der Waals surface area contributed by atoms with E-state index in [1.807, 2.05) is 6.92 Å². The van der Waals surface area contributed by atoms with Crippen molar-refractivity contribution >= 4 is 5.78 Å². The van der Waals surface area contributed by atoms with E-state index in [0.29, 0.717) is 5.56 Å². The number of hydrogen-bond acceptors (Lipinski definition) is 3. The van der Waals surface area contributed by atoms with E-state index in [0.717, 1.165) is 0 Å². The number of allylic oxidation sites excluding steroid dienone is 4. The fourth-order valence-corrected chi connectivity index (χ4v) is 1.23. The second-order valence-electron chi connectivity index (χ2n) is 3.40. The number of benzene rings is 1. The standard InChI is InChI=1S/C13H14O3/c1-3-4-5-6-11(14)10-7-9(2)12(15)8-13(10)16/h3-8,15-16H,1-2H3. The molecule has 0 saturated heterocycles. The lowest BCUT2D eigenvalue weighted by atomic mass is 10.1. The summed E-state index contributed by atoms with van der Waals surface area (Å²) in [6.45, 7) is 3.51. The van der Waals surface area contributed by atoms with Crippen molar-refractivity contribution in [1.82, 2.24) is 0 Å². The SMILES string of the molecule is CC=CC=CC(=O)c1cc(C)c(O)cc1O. The third kappa shape index (κ3) is 2.73. The lowest BCUT2D eigenvalue weighted by Crippen LogP contribution is -1.95. The van der Waals surface area contributed by atoms with Crippen LogP contribution in [0.5, 0.6) is 11.5 Å². The van der Waals surface area contributed by atoms with Gasteiger partial charge in [0.05, 0.1) is 5.56 Å². The van der Waals surface area contributed by atoms with Gasteiger partial charge in [0.1, 0.15) is 11.5 Å². The molecule has 0 radical (unpaired) electrons. The summed E-state index contributed by atoms with van der Waals surface area (Å²) >= 11 is 0. The van der Waals surface area contributed by atoms with Crippen LogP contribution in [0.4, 0.5) is 0 Å². The van der Waals surface area contributed by atoms with Gasteiger partial charge in [-0.3, -0.25) is 4.79 Å². The molecular weight excluding hydrogens is 204 g/mol. The Bertz CT molecular complexity index is 456. The van der Waals surface area contributed by atoms with Crippen molar-refractivity contribution in [3.63, 3.8) is 0 Å². The lowest BCUT2D eigenvalue weighted by Gasteiger charge is -2.04. The average molecular weight is 218 g/mol. The number of aryl methyl sites for hydroxylation is 1. The topological polar surface area (TPSA) is 57.5 Å². The summed E-state index contributed by atoms with van der Waals surface area (Å²) in [6, 6.07) is 2.64. The second kappa shape index (κ2) is 5.16. The first-order valence-electron chi connectivity index (χ1n) is 4.92. The molecule has 2 N–H and O–H groups in total. The highest BCUT2D eigenvalue weighted by molar-refractivity contribution is 6.06. The molecule has 0 saturated carbocycles. The molecule has 0 bridgehead atoms. The molecule has 0 aliphatic rings. The summed E-state index contributed by atoms with van der Waals surface area (Å²) in [5.41, 5.74) is 0.747. The molecule has 0 spiro atoms. The molecule has 16 heavy (non-hydrogen) atoms. The fraction of sp³-hybridized carbons (Fsp3) is 0.154. The molecule has 0 aliphatic carbocycles. The van der Waals surface area contributed by atoms with Gasteiger partial charge in [0.15, 0.2) is 5.78 Å². The molecule has 0 aromatic heterocycles. The normalized spacial score (nSPS) is 11.4. The van der Waals surface area contributed by atoms with Gasteiger partial charge >= 0.3 is 0 Å². The minimum Gasteiger partial charge on any atom is -0.508 e. The number of hydrogen-bond donors (Lipinski definition) is 2. The first kappa shape index (κ1) is 12.0. The second-order valence-corrected chi connectivity index (χ2v) is 3.40. The first-order chi connectivity index (χ1) is 7.56. The van der Waals surface area contributed by atoms with E-state index < -0.39 is 0 Å². The van der Waals surface area contributed by atoms with Crippen molar-refractivity contribution < 1.29 is 15.0 Å². The maximum atomic E-state index is 11.6. The zero-order valence-corrected chi connectivity index (χ0v) is 9.27. The van der Waals surface area contributed by atoms with E-state index in [-0.39, 0.29) is 22.8 Å². The van der Waals surface area contributed by atoms with Crippen molar-refractivity contribution in [1.29, 1.82) is 0 Å². The average Bonchev–Trinajstić information content (AvgIpc) is 2.23. The number of phenolic OH excluding ortho intramolecular Hbond substituents is 2. The Hall–Kier alpha value is -2.03. The predicted octanol–water partition coefficient (Wildman–Crippen LogP) is 2.72. The molecule has 3 heteroatoms. The minimum absolute atomic E-state index is 0.0218. The Balaban J connectivity index is 3.04. The van der Waals surface area contributed by atoms with Crippen LogP contribution in [0.15, 0.2) is 36.4 Å². The molecule has 1 rings (SSSR count). The zero-order chi connectivity index (χ0) is 12.1. The molecule has 0 amide bonds. The van der Waals surface area contributed by atoms with Gasteiger partial charge in [0, 0.05) is 6.07 Å². The van der Waals surface area contributed by atoms with Gasteiger partial charge in [-0.1, -0.05) is 18.2 Å². The smallest absolute Gasteiger partial charge is 0.189 e. The zero-order valence-electron chi connectivity index (χ0n) is 9.27. The van der Waals surface area contributed by atoms with Gasteiger partial charge in [-0.05, 0) is 31.6 Å². The van der Waals surface area contributed by atoms with Crippen molar-refractivity contribution in [2.45, 2.75) is 13.8 Å². The van der Waals surface area contributed by atoms with Crippen LogP contribution in [0.1, 0.15) is 22.8 Å². The van der Waals surface area contributed by atoms with Gasteiger partial charge in [-0.2, -0.15) is 0 Å². The summed E-state index contributed by atoms with van der Waals surface area (Å²) in [4.78, 5) is 11.6. The van der Waals surface area contributed by atoms with Crippen LogP contribution < -0.4 is 0 Å². The van der Waals surface area contributed by atoms with Crippen LogP contribution in [0.2, 0.25) is 0 Å². The summed E-state index contributed by atoms with van der Waals surface area (Å²) in [5.74, 6) is -0.525. The van der Waals surface area contributed by atoms with E-state index >= 15 is 0 Å². The fourth-order valence-electron chi connectivity index (χ4n) is 1.23. The molecule has 1 aromatic rings. The van der Waals surface area contributed by atoms with Crippen LogP contribution in [-0.4, -0.2) is 16.0 Å². The summed E-state index contributed by atoms with van der Waals surface area (Å²) in [6.07, 6.45) is 6.49. The Morgan fingerprint density at radius 2 is 1.88 bits per heavy atom. The first-order valence-corrected chi connectivity index (χ1v) is 4.92. The largest absolute Gasteiger partial charge is 0.508 e. The number of rotatable bonds is 3. The van der Waals surface area contributed by atoms with Gasteiger partial charge in [-0.25, -0.2) is 0 Å². The third-order valence-electron chi connectivity index (χ3n) is 2.13. The number of ketones is 1. The van der Waals surface area contributed by atoms with Gasteiger partial charge < -0.3 is 10.2 Å². The van der Waals surface area contributed by atoms with Gasteiger partial charge in [-0.15, -0.1) is 0 Å². The predicted molar refractivity (Wildman–Crippen MR) is 62.8 cm³/mol. The molecule has 1 aromatic carbocycles. The molecule has 84 valence electrons. The van der Waals surface area contributed by atoms with Crippen molar-refractivity contribution in [2.75, 3.05) is 0 Å². The molecule has 0 heterocycles. The third-order valence-corrected chi connectivity index (χ3v) is 2.13.